The lowest BCUT2D eigenvalue weighted by atomic mass is 9.91. The van der Waals surface area contributed by atoms with Gasteiger partial charge in [0.1, 0.15) is 5.69 Å². The van der Waals surface area contributed by atoms with Crippen LogP contribution in [0.1, 0.15) is 58.4 Å². The summed E-state index contributed by atoms with van der Waals surface area (Å²) in [6.07, 6.45) is 4.17. The van der Waals surface area contributed by atoms with Crippen molar-refractivity contribution in [2.24, 2.45) is 5.92 Å². The largest absolute Gasteiger partial charge is 0.372 e. The maximum Gasteiger partial charge on any atom is 0.293 e. The zero-order chi connectivity index (χ0) is 25.8. The molecule has 2 aromatic carbocycles. The van der Waals surface area contributed by atoms with E-state index >= 15 is 0 Å². The van der Waals surface area contributed by atoms with Crippen LogP contribution in [-0.2, 0) is 4.79 Å². The number of carbonyl (C=O) groups excluding carboxylic acids is 3. The number of likely N-dealkylation sites (tertiary alicyclic amines) is 2. The molecule has 36 heavy (non-hydrogen) atoms. The first kappa shape index (κ1) is 25.3. The lowest BCUT2D eigenvalue weighted by Crippen LogP contribution is -2.40. The van der Waals surface area contributed by atoms with Gasteiger partial charge in [-0.3, -0.25) is 24.5 Å². The van der Waals surface area contributed by atoms with Crippen LogP contribution in [0, 0.1) is 16.0 Å². The third-order valence-corrected chi connectivity index (χ3v) is 7.14. The number of hydrogen-bond donors (Lipinski definition) is 0. The van der Waals surface area contributed by atoms with Gasteiger partial charge in [0, 0.05) is 63.9 Å². The van der Waals surface area contributed by atoms with Crippen molar-refractivity contribution in [2.45, 2.75) is 32.1 Å². The van der Waals surface area contributed by atoms with Gasteiger partial charge in [-0.05, 0) is 49.8 Å². The second-order valence-corrected chi connectivity index (χ2v) is 9.76. The van der Waals surface area contributed by atoms with Crippen LogP contribution >= 0.6 is 0 Å². The molecule has 190 valence electrons. The Morgan fingerprint density at radius 3 is 2.19 bits per heavy atom. The highest BCUT2D eigenvalue weighted by Crippen LogP contribution is 2.30. The Labute approximate surface area is 210 Å². The smallest absolute Gasteiger partial charge is 0.293 e. The van der Waals surface area contributed by atoms with E-state index < -0.39 is 10.7 Å². The summed E-state index contributed by atoms with van der Waals surface area (Å²) in [4.78, 5) is 55.6. The number of hydrogen-bond acceptors (Lipinski definition) is 6. The van der Waals surface area contributed by atoms with E-state index in [1.807, 2.05) is 4.90 Å². The van der Waals surface area contributed by atoms with E-state index in [0.29, 0.717) is 25.2 Å². The minimum atomic E-state index is -0.512. The molecule has 2 aromatic rings. The first-order valence-electron chi connectivity index (χ1n) is 12.4. The second-order valence-electron chi connectivity index (χ2n) is 9.76. The van der Waals surface area contributed by atoms with E-state index in [9.17, 15) is 24.5 Å². The quantitative estimate of drug-likeness (QED) is 0.331. The molecule has 0 saturated carbocycles. The molecule has 2 aliphatic rings. The van der Waals surface area contributed by atoms with Crippen molar-refractivity contribution in [1.82, 2.24) is 9.80 Å². The lowest BCUT2D eigenvalue weighted by molar-refractivity contribution is -0.384. The first-order valence-corrected chi connectivity index (χ1v) is 12.4. The molecule has 4 rings (SSSR count). The van der Waals surface area contributed by atoms with Crippen molar-refractivity contribution < 1.29 is 19.3 Å². The van der Waals surface area contributed by atoms with Gasteiger partial charge in [-0.25, -0.2) is 0 Å². The topological polar surface area (TPSA) is 104 Å². The molecule has 0 radical (unpaired) electrons. The molecule has 2 amide bonds. The third kappa shape index (κ3) is 5.40. The molecular weight excluding hydrogens is 460 g/mol. The monoisotopic (exact) mass is 492 g/mol. The third-order valence-electron chi connectivity index (χ3n) is 7.14. The van der Waals surface area contributed by atoms with Crippen LogP contribution in [0.25, 0.3) is 0 Å². The van der Waals surface area contributed by atoms with Crippen molar-refractivity contribution in [3.05, 3.63) is 69.3 Å². The minimum Gasteiger partial charge on any atom is -0.372 e. The first-order chi connectivity index (χ1) is 17.3. The summed E-state index contributed by atoms with van der Waals surface area (Å²) < 4.78 is 0. The van der Waals surface area contributed by atoms with Gasteiger partial charge in [0.25, 0.3) is 11.6 Å². The van der Waals surface area contributed by atoms with Crippen LogP contribution in [0.3, 0.4) is 0 Å². The maximum absolute atomic E-state index is 13.4. The summed E-state index contributed by atoms with van der Waals surface area (Å²) in [5, 5.41) is 11.6. The molecule has 2 heterocycles. The van der Waals surface area contributed by atoms with Gasteiger partial charge < -0.3 is 14.7 Å². The fraction of sp³-hybridized carbons (Fsp3) is 0.444. The zero-order valence-corrected chi connectivity index (χ0v) is 20.8. The zero-order valence-electron chi connectivity index (χ0n) is 20.8. The average molecular weight is 493 g/mol. The van der Waals surface area contributed by atoms with Crippen LogP contribution in [0.2, 0.25) is 0 Å². The standard InChI is InChI=1S/C27H32N4O5/c1-28(2)23-10-9-20(18-24(23)31(35)36)26(33)21-7-3-4-8-22(21)27(34)30-15-11-19(12-16-30)17-25(32)29-13-5-6-14-29/h3-4,7-10,18-19H,5-6,11-17H2,1-2H3. The van der Waals surface area contributed by atoms with E-state index in [0.717, 1.165) is 38.8 Å². The number of nitro groups is 1. The van der Waals surface area contributed by atoms with Gasteiger partial charge in [-0.1, -0.05) is 18.2 Å². The average Bonchev–Trinajstić information content (AvgIpc) is 3.43. The van der Waals surface area contributed by atoms with E-state index in [4.69, 9.17) is 0 Å². The number of rotatable bonds is 7. The van der Waals surface area contributed by atoms with Crippen molar-refractivity contribution in [1.29, 1.82) is 0 Å². The Morgan fingerprint density at radius 2 is 1.58 bits per heavy atom. The van der Waals surface area contributed by atoms with E-state index in [-0.39, 0.29) is 40.1 Å². The van der Waals surface area contributed by atoms with Crippen LogP contribution in [-0.4, -0.2) is 72.6 Å². The number of anilines is 1. The Bertz CT molecular complexity index is 1160. The summed E-state index contributed by atoms with van der Waals surface area (Å²) in [7, 11) is 3.40. The van der Waals surface area contributed by atoms with Gasteiger partial charge >= 0.3 is 0 Å². The van der Waals surface area contributed by atoms with Crippen LogP contribution in [0.15, 0.2) is 42.5 Å². The predicted octanol–water partition coefficient (Wildman–Crippen LogP) is 3.76. The number of piperidine rings is 1. The van der Waals surface area contributed by atoms with E-state index in [2.05, 4.69) is 0 Å². The Morgan fingerprint density at radius 1 is 0.944 bits per heavy atom. The molecule has 2 fully saturated rings. The molecule has 0 unspecified atom stereocenters. The normalized spacial score (nSPS) is 16.2. The minimum absolute atomic E-state index is 0.159. The van der Waals surface area contributed by atoms with Crippen LogP contribution < -0.4 is 4.90 Å². The van der Waals surface area contributed by atoms with Crippen molar-refractivity contribution in [3.8, 4) is 0 Å². The number of nitro benzene ring substituents is 1. The number of carbonyl (C=O) groups is 3. The molecule has 2 aliphatic heterocycles. The molecule has 0 aromatic heterocycles. The Hall–Kier alpha value is -3.75. The fourth-order valence-electron chi connectivity index (χ4n) is 5.07. The van der Waals surface area contributed by atoms with Gasteiger partial charge in [0.05, 0.1) is 10.5 Å². The highest BCUT2D eigenvalue weighted by molar-refractivity contribution is 6.15. The molecule has 9 heteroatoms. The number of ketones is 1. The molecule has 0 spiro atoms. The molecule has 0 aliphatic carbocycles. The van der Waals surface area contributed by atoms with Crippen LogP contribution in [0.5, 0.6) is 0 Å². The summed E-state index contributed by atoms with van der Waals surface area (Å²) in [5.41, 5.74) is 0.896. The maximum atomic E-state index is 13.4. The second kappa shape index (κ2) is 10.9. The summed E-state index contributed by atoms with van der Waals surface area (Å²) in [6, 6.07) is 11.0. The Kier molecular flexibility index (Phi) is 7.67. The molecule has 0 bridgehead atoms. The molecule has 0 atom stereocenters. The van der Waals surface area contributed by atoms with Crippen molar-refractivity contribution in [2.75, 3.05) is 45.2 Å². The van der Waals surface area contributed by atoms with Gasteiger partial charge in [0.15, 0.2) is 5.78 Å². The fourth-order valence-corrected chi connectivity index (χ4v) is 5.07. The molecule has 0 N–H and O–H groups in total. The summed E-state index contributed by atoms with van der Waals surface area (Å²) in [6.45, 7) is 2.76. The summed E-state index contributed by atoms with van der Waals surface area (Å²) in [5.74, 6) is -0.196. The van der Waals surface area contributed by atoms with Gasteiger partial charge in [-0.2, -0.15) is 0 Å². The molecule has 9 nitrogen and oxygen atoms in total. The summed E-state index contributed by atoms with van der Waals surface area (Å²) >= 11 is 0. The highest BCUT2D eigenvalue weighted by Gasteiger charge is 2.29. The number of nitrogens with zero attached hydrogens (tertiary/aromatic N) is 4. The van der Waals surface area contributed by atoms with Crippen LogP contribution in [0.4, 0.5) is 11.4 Å². The van der Waals surface area contributed by atoms with E-state index in [1.165, 1.54) is 6.07 Å². The molecule has 2 saturated heterocycles. The van der Waals surface area contributed by atoms with Gasteiger partial charge in [0.2, 0.25) is 5.91 Å². The van der Waals surface area contributed by atoms with Crippen molar-refractivity contribution >= 4 is 29.0 Å². The molecular formula is C27H32N4O5. The lowest BCUT2D eigenvalue weighted by Gasteiger charge is -2.32. The van der Waals surface area contributed by atoms with E-state index in [1.54, 1.807) is 60.3 Å². The highest BCUT2D eigenvalue weighted by atomic mass is 16.6. The number of amides is 2. The van der Waals surface area contributed by atoms with Gasteiger partial charge in [-0.15, -0.1) is 0 Å². The van der Waals surface area contributed by atoms with Crippen molar-refractivity contribution in [3.63, 3.8) is 0 Å². The predicted molar refractivity (Wildman–Crippen MR) is 136 cm³/mol. The SMILES string of the molecule is CN(C)c1ccc(C(=O)c2ccccc2C(=O)N2CCC(CC(=O)N3CCCC3)CC2)cc1[N+](=O)[O-]. The number of benzene rings is 2. The Balaban J connectivity index is 1.47.